The van der Waals surface area contributed by atoms with E-state index in [1.54, 1.807) is 7.11 Å². The molecule has 1 saturated heterocycles. The highest BCUT2D eigenvalue weighted by atomic mass is 16.5. The maximum Gasteiger partial charge on any atom is 0.253 e. The average molecular weight is 359 g/mol. The Bertz CT molecular complexity index is 968. The molecule has 0 radical (unpaired) electrons. The molecule has 5 heteroatoms. The number of anilines is 2. The third-order valence-corrected chi connectivity index (χ3v) is 5.76. The molecule has 2 aromatic rings. The summed E-state index contributed by atoms with van der Waals surface area (Å²) in [5, 5.41) is 3.50. The number of carbonyl (C=O) groups excluding carboxylic acids is 1. The molecule has 136 valence electrons. The quantitative estimate of drug-likeness (QED) is 0.915. The van der Waals surface area contributed by atoms with Crippen molar-refractivity contribution in [1.82, 2.24) is 0 Å². The Labute approximate surface area is 158 Å². The Hall–Kier alpha value is -3.08. The number of carbonyl (C=O) groups is 1. The number of para-hydroxylation sites is 1. The molecule has 0 aliphatic carbocycles. The normalized spacial score (nSPS) is 22.9. The predicted octanol–water partition coefficient (Wildman–Crippen LogP) is 3.31. The molecule has 5 nitrogen and oxygen atoms in total. The predicted molar refractivity (Wildman–Crippen MR) is 108 cm³/mol. The molecule has 1 unspecified atom stereocenters. The Morgan fingerprint density at radius 3 is 2.89 bits per heavy atom. The first-order valence-electron chi connectivity index (χ1n) is 9.27. The van der Waals surface area contributed by atoms with Crippen LogP contribution in [0.1, 0.15) is 17.5 Å². The largest absolute Gasteiger partial charge is 0.496 e. The maximum atomic E-state index is 13.3. The fourth-order valence-corrected chi connectivity index (χ4v) is 4.34. The molecule has 1 spiro atoms. The van der Waals surface area contributed by atoms with Crippen molar-refractivity contribution in [3.05, 3.63) is 59.7 Å². The number of aliphatic imine (C=N–C) groups is 1. The van der Waals surface area contributed by atoms with Crippen molar-refractivity contribution >= 4 is 29.1 Å². The lowest BCUT2D eigenvalue weighted by Gasteiger charge is -2.24. The van der Waals surface area contributed by atoms with Crippen LogP contribution in [0.3, 0.4) is 0 Å². The number of allylic oxidation sites excluding steroid dienone is 1. The second-order valence-corrected chi connectivity index (χ2v) is 7.29. The molecule has 27 heavy (non-hydrogen) atoms. The Balaban J connectivity index is 1.45. The summed E-state index contributed by atoms with van der Waals surface area (Å²) in [6, 6.07) is 14.2. The molecule has 3 heterocycles. The van der Waals surface area contributed by atoms with Crippen molar-refractivity contribution in [3.8, 4) is 5.75 Å². The van der Waals surface area contributed by atoms with Gasteiger partial charge in [-0.2, -0.15) is 0 Å². The smallest absolute Gasteiger partial charge is 0.253 e. The molecule has 3 aliphatic heterocycles. The van der Waals surface area contributed by atoms with Crippen LogP contribution in [0.2, 0.25) is 0 Å². The van der Waals surface area contributed by atoms with Gasteiger partial charge in [-0.3, -0.25) is 9.79 Å². The van der Waals surface area contributed by atoms with Crippen LogP contribution in [-0.2, 0) is 11.2 Å². The summed E-state index contributed by atoms with van der Waals surface area (Å²) in [4.78, 5) is 19.5. The summed E-state index contributed by atoms with van der Waals surface area (Å²) in [6.07, 6.45) is 5.49. The van der Waals surface area contributed by atoms with Gasteiger partial charge in [0.05, 0.1) is 13.7 Å². The van der Waals surface area contributed by atoms with E-state index in [1.165, 1.54) is 5.56 Å². The van der Waals surface area contributed by atoms with Crippen LogP contribution >= 0.6 is 0 Å². The molecule has 5 rings (SSSR count). The maximum absolute atomic E-state index is 13.3. The number of benzene rings is 2. The van der Waals surface area contributed by atoms with E-state index < -0.39 is 5.54 Å². The van der Waals surface area contributed by atoms with E-state index in [2.05, 4.69) is 28.5 Å². The third-order valence-electron chi connectivity index (χ3n) is 5.76. The molecule has 1 fully saturated rings. The first-order chi connectivity index (χ1) is 13.2. The second-order valence-electron chi connectivity index (χ2n) is 7.29. The van der Waals surface area contributed by atoms with E-state index in [-0.39, 0.29) is 5.91 Å². The van der Waals surface area contributed by atoms with Gasteiger partial charge < -0.3 is 15.0 Å². The summed E-state index contributed by atoms with van der Waals surface area (Å²) in [5.41, 5.74) is 4.73. The van der Waals surface area contributed by atoms with Crippen molar-refractivity contribution < 1.29 is 9.53 Å². The molecule has 3 aliphatic rings. The van der Waals surface area contributed by atoms with Crippen molar-refractivity contribution in [1.29, 1.82) is 0 Å². The minimum absolute atomic E-state index is 0.134. The first-order valence-corrected chi connectivity index (χ1v) is 9.27. The number of hydrogen-bond donors (Lipinski definition) is 1. The van der Waals surface area contributed by atoms with E-state index in [1.807, 2.05) is 41.4 Å². The van der Waals surface area contributed by atoms with Gasteiger partial charge in [0, 0.05) is 47.8 Å². The standard InChI is InChI=1S/C22H21N3O2/c1-27-20-12-17(6-7-18(20)16-8-10-23-14-16)25-11-9-22(21(25)26)13-15-4-2-3-5-19(15)24-22/h2-8,12,14,24H,9-11,13H2,1H3. The minimum atomic E-state index is -0.518. The molecule has 1 atom stereocenters. The lowest BCUT2D eigenvalue weighted by atomic mass is 9.93. The molecule has 0 bridgehead atoms. The summed E-state index contributed by atoms with van der Waals surface area (Å²) in [5.74, 6) is 0.902. The fraction of sp³-hybridized carbons (Fsp3) is 0.273. The van der Waals surface area contributed by atoms with E-state index in [0.29, 0.717) is 13.1 Å². The highest BCUT2D eigenvalue weighted by Gasteiger charge is 2.50. The lowest BCUT2D eigenvalue weighted by Crippen LogP contribution is -2.45. The number of nitrogens with one attached hydrogen (secondary N) is 1. The lowest BCUT2D eigenvalue weighted by molar-refractivity contribution is -0.120. The molecule has 1 amide bonds. The van der Waals surface area contributed by atoms with Crippen LogP contribution in [0, 0.1) is 0 Å². The van der Waals surface area contributed by atoms with Gasteiger partial charge in [0.25, 0.3) is 5.91 Å². The van der Waals surface area contributed by atoms with Gasteiger partial charge in [-0.05, 0) is 30.2 Å². The Morgan fingerprint density at radius 2 is 2.11 bits per heavy atom. The van der Waals surface area contributed by atoms with Gasteiger partial charge in [-0.1, -0.05) is 24.3 Å². The molecule has 0 aromatic heterocycles. The Kier molecular flexibility index (Phi) is 3.57. The number of rotatable bonds is 3. The van der Waals surface area contributed by atoms with Crippen LogP contribution in [0.5, 0.6) is 5.75 Å². The number of nitrogens with zero attached hydrogens (tertiary/aromatic N) is 2. The number of hydrogen-bond acceptors (Lipinski definition) is 4. The zero-order valence-corrected chi connectivity index (χ0v) is 15.2. The van der Waals surface area contributed by atoms with Crippen LogP contribution in [0.25, 0.3) is 5.57 Å². The van der Waals surface area contributed by atoms with Gasteiger partial charge in [0.1, 0.15) is 11.3 Å². The Morgan fingerprint density at radius 1 is 1.22 bits per heavy atom. The highest BCUT2D eigenvalue weighted by Crippen LogP contribution is 2.41. The SMILES string of the molecule is COc1cc(N2CCC3(Cc4ccccc4N3)C2=O)ccc1C1=CCN=C1. The summed E-state index contributed by atoms with van der Waals surface area (Å²) in [6.45, 7) is 1.41. The molecular formula is C22H21N3O2. The first kappa shape index (κ1) is 16.1. The zero-order valence-electron chi connectivity index (χ0n) is 15.2. The van der Waals surface area contributed by atoms with Gasteiger partial charge in [0.15, 0.2) is 0 Å². The van der Waals surface area contributed by atoms with Crippen LogP contribution in [0.15, 0.2) is 53.5 Å². The number of methoxy groups -OCH3 is 1. The minimum Gasteiger partial charge on any atom is -0.496 e. The highest BCUT2D eigenvalue weighted by molar-refractivity contribution is 6.13. The molecule has 2 aromatic carbocycles. The van der Waals surface area contributed by atoms with Gasteiger partial charge >= 0.3 is 0 Å². The number of amides is 1. The van der Waals surface area contributed by atoms with Crippen LogP contribution in [0.4, 0.5) is 11.4 Å². The zero-order chi connectivity index (χ0) is 18.4. The molecule has 1 N–H and O–H groups in total. The summed E-state index contributed by atoms with van der Waals surface area (Å²) in [7, 11) is 1.66. The number of fused-ring (bicyclic) bond motifs is 1. The van der Waals surface area contributed by atoms with Crippen molar-refractivity contribution in [2.45, 2.75) is 18.4 Å². The van der Waals surface area contributed by atoms with E-state index in [9.17, 15) is 4.79 Å². The van der Waals surface area contributed by atoms with Gasteiger partial charge in [-0.15, -0.1) is 0 Å². The monoisotopic (exact) mass is 359 g/mol. The van der Waals surface area contributed by atoms with E-state index in [4.69, 9.17) is 4.74 Å². The third kappa shape index (κ3) is 2.46. The molecule has 0 saturated carbocycles. The van der Waals surface area contributed by atoms with Crippen LogP contribution in [-0.4, -0.2) is 37.9 Å². The van der Waals surface area contributed by atoms with Crippen LogP contribution < -0.4 is 15.0 Å². The number of ether oxygens (including phenoxy) is 1. The average Bonchev–Trinajstić information content (AvgIpc) is 3.42. The van der Waals surface area contributed by atoms with Gasteiger partial charge in [-0.25, -0.2) is 0 Å². The second kappa shape index (κ2) is 5.98. The van der Waals surface area contributed by atoms with Gasteiger partial charge in [0.2, 0.25) is 0 Å². The topological polar surface area (TPSA) is 53.9 Å². The molecular weight excluding hydrogens is 338 g/mol. The van der Waals surface area contributed by atoms with E-state index >= 15 is 0 Å². The van der Waals surface area contributed by atoms with Crippen molar-refractivity contribution in [2.24, 2.45) is 4.99 Å². The van der Waals surface area contributed by atoms with E-state index in [0.717, 1.165) is 41.1 Å². The van der Waals surface area contributed by atoms with Crippen molar-refractivity contribution in [3.63, 3.8) is 0 Å². The summed E-state index contributed by atoms with van der Waals surface area (Å²) < 4.78 is 5.60. The fourth-order valence-electron chi connectivity index (χ4n) is 4.34. The van der Waals surface area contributed by atoms with Crippen molar-refractivity contribution in [2.75, 3.05) is 30.4 Å². The summed E-state index contributed by atoms with van der Waals surface area (Å²) >= 11 is 0.